The van der Waals surface area contributed by atoms with Gasteiger partial charge in [0.25, 0.3) is 0 Å². The Morgan fingerprint density at radius 2 is 1.94 bits per heavy atom. The van der Waals surface area contributed by atoms with Crippen molar-refractivity contribution in [1.82, 2.24) is 14.8 Å². The van der Waals surface area contributed by atoms with Crippen molar-refractivity contribution in [2.45, 2.75) is 43.4 Å². The maximum atomic E-state index is 13.5. The first-order valence-electron chi connectivity index (χ1n) is 11.3. The maximum Gasteiger partial charge on any atom is 0.248 e. The van der Waals surface area contributed by atoms with Gasteiger partial charge in [0, 0.05) is 18.0 Å². The molecule has 0 unspecified atom stereocenters. The SMILES string of the molecule is Cc1oncc1S(=O)(=O)N(Cc1cccs1)C[C@@H](O)[C@H](Cc1ccccc1)NC(=O)Cc1ccsc1. The van der Waals surface area contributed by atoms with E-state index in [0.29, 0.717) is 6.42 Å². The molecule has 3 heterocycles. The largest absolute Gasteiger partial charge is 0.390 e. The van der Waals surface area contributed by atoms with Crippen LogP contribution in [0.1, 0.15) is 21.8 Å². The van der Waals surface area contributed by atoms with Crippen molar-refractivity contribution >= 4 is 38.6 Å². The summed E-state index contributed by atoms with van der Waals surface area (Å²) < 4.78 is 33.3. The molecule has 1 aromatic carbocycles. The lowest BCUT2D eigenvalue weighted by molar-refractivity contribution is -0.122. The molecular formula is C25H27N3O5S3. The first kappa shape index (κ1) is 26.2. The van der Waals surface area contributed by atoms with Gasteiger partial charge in [0.15, 0.2) is 5.76 Å². The molecular weight excluding hydrogens is 518 g/mol. The van der Waals surface area contributed by atoms with Crippen molar-refractivity contribution in [3.8, 4) is 0 Å². The van der Waals surface area contributed by atoms with Gasteiger partial charge in [0.2, 0.25) is 15.9 Å². The number of benzene rings is 1. The molecule has 3 aromatic heterocycles. The topological polar surface area (TPSA) is 113 Å². The average Bonchev–Trinajstić information content (AvgIpc) is 3.63. The van der Waals surface area contributed by atoms with Crippen molar-refractivity contribution in [2.75, 3.05) is 6.54 Å². The number of hydrogen-bond donors (Lipinski definition) is 2. The van der Waals surface area contributed by atoms with Crippen LogP contribution in [0.5, 0.6) is 0 Å². The number of thiophene rings is 2. The van der Waals surface area contributed by atoms with E-state index in [1.165, 1.54) is 40.1 Å². The van der Waals surface area contributed by atoms with Gasteiger partial charge in [-0.2, -0.15) is 15.6 Å². The number of aliphatic hydroxyl groups excluding tert-OH is 1. The van der Waals surface area contributed by atoms with Crippen LogP contribution >= 0.6 is 22.7 Å². The van der Waals surface area contributed by atoms with Gasteiger partial charge in [-0.25, -0.2) is 8.42 Å². The minimum absolute atomic E-state index is 0.0487. The molecule has 4 rings (SSSR count). The van der Waals surface area contributed by atoms with Crippen LogP contribution in [0.15, 0.2) is 80.3 Å². The number of amides is 1. The molecule has 0 aliphatic carbocycles. The van der Waals surface area contributed by atoms with E-state index in [4.69, 9.17) is 4.52 Å². The van der Waals surface area contributed by atoms with Gasteiger partial charge in [-0.1, -0.05) is 41.6 Å². The van der Waals surface area contributed by atoms with E-state index in [1.807, 2.05) is 64.7 Å². The van der Waals surface area contributed by atoms with Crippen LogP contribution in [-0.2, 0) is 34.2 Å². The first-order valence-corrected chi connectivity index (χ1v) is 14.6. The normalized spacial score (nSPS) is 13.5. The van der Waals surface area contributed by atoms with E-state index < -0.39 is 22.2 Å². The van der Waals surface area contributed by atoms with Gasteiger partial charge in [-0.15, -0.1) is 11.3 Å². The zero-order valence-electron chi connectivity index (χ0n) is 19.6. The molecule has 0 aliphatic rings. The van der Waals surface area contributed by atoms with Crippen molar-refractivity contribution in [3.05, 3.63) is 92.6 Å². The van der Waals surface area contributed by atoms with Gasteiger partial charge in [-0.05, 0) is 52.7 Å². The number of nitrogens with zero attached hydrogens (tertiary/aromatic N) is 2. The Balaban J connectivity index is 1.58. The van der Waals surface area contributed by atoms with Crippen molar-refractivity contribution in [1.29, 1.82) is 0 Å². The van der Waals surface area contributed by atoms with Gasteiger partial charge >= 0.3 is 0 Å². The third-order valence-corrected chi connectivity index (χ3v) is 9.18. The molecule has 0 aliphatic heterocycles. The molecule has 2 N–H and O–H groups in total. The second-order valence-electron chi connectivity index (χ2n) is 8.36. The minimum atomic E-state index is -4.02. The third kappa shape index (κ3) is 6.68. The summed E-state index contributed by atoms with van der Waals surface area (Å²) in [5.74, 6) is -0.0681. The van der Waals surface area contributed by atoms with E-state index in [0.717, 1.165) is 16.0 Å². The zero-order chi connectivity index (χ0) is 25.5. The fraction of sp³-hybridized carbons (Fsp3) is 0.280. The van der Waals surface area contributed by atoms with E-state index in [1.54, 1.807) is 0 Å². The van der Waals surface area contributed by atoms with Gasteiger partial charge in [0.1, 0.15) is 4.90 Å². The van der Waals surface area contributed by atoms with Gasteiger partial charge in [0.05, 0.1) is 24.8 Å². The Hall–Kier alpha value is -2.83. The highest BCUT2D eigenvalue weighted by Crippen LogP contribution is 2.24. The monoisotopic (exact) mass is 545 g/mol. The molecule has 0 radical (unpaired) electrons. The molecule has 11 heteroatoms. The van der Waals surface area contributed by atoms with E-state index in [-0.39, 0.29) is 36.1 Å². The number of carbonyl (C=O) groups is 1. The van der Waals surface area contributed by atoms with Crippen LogP contribution in [-0.4, -0.2) is 47.6 Å². The lowest BCUT2D eigenvalue weighted by atomic mass is 10.0. The molecule has 0 bridgehead atoms. The molecule has 0 spiro atoms. The lowest BCUT2D eigenvalue weighted by Crippen LogP contribution is -2.50. The molecule has 8 nitrogen and oxygen atoms in total. The first-order chi connectivity index (χ1) is 17.3. The van der Waals surface area contributed by atoms with Gasteiger partial charge < -0.3 is 14.9 Å². The maximum absolute atomic E-state index is 13.5. The van der Waals surface area contributed by atoms with Crippen LogP contribution in [0, 0.1) is 6.92 Å². The second-order valence-corrected chi connectivity index (χ2v) is 12.1. The predicted molar refractivity (Wildman–Crippen MR) is 139 cm³/mol. The molecule has 2 atom stereocenters. The smallest absolute Gasteiger partial charge is 0.248 e. The van der Waals surface area contributed by atoms with Crippen LogP contribution in [0.4, 0.5) is 0 Å². The van der Waals surface area contributed by atoms with Crippen LogP contribution in [0.3, 0.4) is 0 Å². The summed E-state index contributed by atoms with van der Waals surface area (Å²) in [6, 6.07) is 14.3. The van der Waals surface area contributed by atoms with Gasteiger partial charge in [-0.3, -0.25) is 4.79 Å². The minimum Gasteiger partial charge on any atom is -0.390 e. The Bertz CT molecular complexity index is 1340. The Morgan fingerprint density at radius 3 is 2.58 bits per heavy atom. The number of carbonyl (C=O) groups excluding carboxylic acids is 1. The highest BCUT2D eigenvalue weighted by atomic mass is 32.2. The summed E-state index contributed by atoms with van der Waals surface area (Å²) in [7, 11) is -4.02. The Morgan fingerprint density at radius 1 is 1.14 bits per heavy atom. The standard InChI is InChI=1S/C25H27N3O5S3/c1-18-24(14-26-33-18)36(31,32)28(15-21-8-5-10-35-21)16-23(29)22(12-19-6-3-2-4-7-19)27-25(30)13-20-9-11-34-17-20/h2-11,14,17,22-23,29H,12-13,15-16H2,1H3,(H,27,30)/t22-,23+/m0/s1. The highest BCUT2D eigenvalue weighted by molar-refractivity contribution is 7.89. The van der Waals surface area contributed by atoms with E-state index in [2.05, 4.69) is 10.5 Å². The molecule has 190 valence electrons. The lowest BCUT2D eigenvalue weighted by Gasteiger charge is -2.29. The molecule has 0 saturated heterocycles. The fourth-order valence-corrected chi connectivity index (χ4v) is 6.81. The van der Waals surface area contributed by atoms with E-state index >= 15 is 0 Å². The molecule has 0 saturated carbocycles. The van der Waals surface area contributed by atoms with Crippen molar-refractivity contribution < 1.29 is 22.8 Å². The Kier molecular flexibility index (Phi) is 8.70. The number of sulfonamides is 1. The zero-order valence-corrected chi connectivity index (χ0v) is 22.1. The van der Waals surface area contributed by atoms with E-state index in [9.17, 15) is 18.3 Å². The summed E-state index contributed by atoms with van der Waals surface area (Å²) in [5.41, 5.74) is 1.80. The summed E-state index contributed by atoms with van der Waals surface area (Å²) >= 11 is 2.93. The number of nitrogens with one attached hydrogen (secondary N) is 1. The third-order valence-electron chi connectivity index (χ3n) is 5.68. The summed E-state index contributed by atoms with van der Waals surface area (Å²) in [5, 5.41) is 23.5. The molecule has 4 aromatic rings. The predicted octanol–water partition coefficient (Wildman–Crippen LogP) is 3.63. The number of rotatable bonds is 12. The highest BCUT2D eigenvalue weighted by Gasteiger charge is 2.33. The Labute approximate surface area is 218 Å². The number of aromatic nitrogens is 1. The van der Waals surface area contributed by atoms with Crippen LogP contribution in [0.25, 0.3) is 0 Å². The number of hydrogen-bond acceptors (Lipinski definition) is 8. The second kappa shape index (κ2) is 11.9. The van der Waals surface area contributed by atoms with Crippen LogP contribution < -0.4 is 5.32 Å². The fourth-order valence-electron chi connectivity index (χ4n) is 3.82. The molecule has 1 amide bonds. The summed E-state index contributed by atoms with van der Waals surface area (Å²) in [6.45, 7) is 1.38. The molecule has 0 fully saturated rings. The average molecular weight is 546 g/mol. The van der Waals surface area contributed by atoms with Crippen LogP contribution in [0.2, 0.25) is 0 Å². The summed E-state index contributed by atoms with van der Waals surface area (Å²) in [4.78, 5) is 13.6. The summed E-state index contributed by atoms with van der Waals surface area (Å²) in [6.07, 6.45) is 0.518. The van der Waals surface area contributed by atoms with Crippen molar-refractivity contribution in [3.63, 3.8) is 0 Å². The number of aryl methyl sites for hydroxylation is 1. The number of aliphatic hydroxyl groups is 1. The van der Waals surface area contributed by atoms with Crippen molar-refractivity contribution in [2.24, 2.45) is 0 Å². The quantitative estimate of drug-likeness (QED) is 0.281. The molecule has 36 heavy (non-hydrogen) atoms.